The zero-order chi connectivity index (χ0) is 8.39. The normalized spacial score (nSPS) is 17.2. The minimum Gasteiger partial charge on any atom is -0.297 e. The maximum Gasteiger partial charge on any atom is 0.106 e. The summed E-state index contributed by atoms with van der Waals surface area (Å²) in [6.07, 6.45) is 5.00. The third-order valence-corrected chi connectivity index (χ3v) is 2.34. The van der Waals surface area contributed by atoms with Gasteiger partial charge in [0.15, 0.2) is 0 Å². The van der Waals surface area contributed by atoms with Crippen LogP contribution in [0.25, 0.3) is 5.70 Å². The second-order valence-electron chi connectivity index (χ2n) is 2.11. The van der Waals surface area contributed by atoms with E-state index in [-0.39, 0.29) is 0 Å². The lowest BCUT2D eigenvalue weighted by molar-refractivity contribution is 0.689. The highest BCUT2D eigenvalue weighted by atomic mass is 32.2. The molecule has 0 spiro atoms. The van der Waals surface area contributed by atoms with Gasteiger partial charge in [0, 0.05) is 17.8 Å². The molecule has 0 amide bonds. The molecule has 2 heterocycles. The largest absolute Gasteiger partial charge is 0.297 e. The number of aromatic nitrogens is 2. The summed E-state index contributed by atoms with van der Waals surface area (Å²) in [7, 11) is 0. The van der Waals surface area contributed by atoms with Crippen molar-refractivity contribution in [3.05, 3.63) is 29.7 Å². The molecule has 0 bridgehead atoms. The molecule has 0 radical (unpaired) electrons. The van der Waals surface area contributed by atoms with E-state index < -0.39 is 0 Å². The molecule has 0 saturated carbocycles. The predicted octanol–water partition coefficient (Wildman–Crippen LogP) is 1.09. The van der Waals surface area contributed by atoms with Crippen LogP contribution < -0.4 is 5.43 Å². The number of nitrogens with one attached hydrogen (secondary N) is 1. The van der Waals surface area contributed by atoms with E-state index in [1.54, 1.807) is 22.4 Å². The third kappa shape index (κ3) is 1.55. The monoisotopic (exact) mass is 198 g/mol. The Kier molecular flexibility index (Phi) is 2.20. The number of thiol groups is 1. The Morgan fingerprint density at radius 2 is 2.42 bits per heavy atom. The van der Waals surface area contributed by atoms with Gasteiger partial charge in [0.1, 0.15) is 5.69 Å². The fourth-order valence-electron chi connectivity index (χ4n) is 0.814. The van der Waals surface area contributed by atoms with E-state index in [0.717, 1.165) is 11.4 Å². The highest BCUT2D eigenvalue weighted by Crippen LogP contribution is 2.25. The van der Waals surface area contributed by atoms with Crippen LogP contribution in [-0.2, 0) is 0 Å². The molecule has 0 unspecified atom stereocenters. The van der Waals surface area contributed by atoms with Crippen LogP contribution in [0.15, 0.2) is 24.0 Å². The van der Waals surface area contributed by atoms with Gasteiger partial charge in [-0.25, -0.2) is 0 Å². The van der Waals surface area contributed by atoms with Gasteiger partial charge in [0.2, 0.25) is 0 Å². The van der Waals surface area contributed by atoms with Crippen molar-refractivity contribution in [3.8, 4) is 0 Å². The van der Waals surface area contributed by atoms with E-state index >= 15 is 0 Å². The molecule has 1 aliphatic rings. The smallest absolute Gasteiger partial charge is 0.106 e. The minimum atomic E-state index is 0.821. The zero-order valence-corrected chi connectivity index (χ0v) is 7.72. The average molecular weight is 198 g/mol. The molecule has 1 aliphatic heterocycles. The summed E-state index contributed by atoms with van der Waals surface area (Å²) in [5.41, 5.74) is 4.73. The second-order valence-corrected chi connectivity index (χ2v) is 3.59. The molecule has 0 aromatic carbocycles. The van der Waals surface area contributed by atoms with E-state index in [0.29, 0.717) is 0 Å². The van der Waals surface area contributed by atoms with Crippen molar-refractivity contribution < 1.29 is 0 Å². The van der Waals surface area contributed by atoms with Crippen LogP contribution in [0.4, 0.5) is 0 Å². The molecule has 2 rings (SSSR count). The first-order valence-electron chi connectivity index (χ1n) is 3.25. The Hall–Kier alpha value is -0.720. The molecule has 1 aromatic rings. The summed E-state index contributed by atoms with van der Waals surface area (Å²) in [4.78, 5) is 8.09. The topological polar surface area (TPSA) is 41.0 Å². The molecule has 0 atom stereocenters. The fraction of sp³-hybridized carbons (Fsp3) is 0. The van der Waals surface area contributed by atoms with Gasteiger partial charge >= 0.3 is 0 Å². The van der Waals surface area contributed by atoms with E-state index in [9.17, 15) is 0 Å². The summed E-state index contributed by atoms with van der Waals surface area (Å²) in [6, 6.07) is 0. The van der Waals surface area contributed by atoms with Crippen LogP contribution in [0.2, 0.25) is 0 Å². The number of hydrazine groups is 1. The molecule has 0 fully saturated rings. The standard InChI is InChI=1S/C6H6N4S2/c11-10-9-6(4-12-10)5-3-7-1-2-8-5/h1-4,9,11H. The molecule has 12 heavy (non-hydrogen) atoms. The van der Waals surface area contributed by atoms with Crippen molar-refractivity contribution >= 4 is 30.5 Å². The fourth-order valence-corrected chi connectivity index (χ4v) is 1.59. The first kappa shape index (κ1) is 7.90. The molecule has 0 aliphatic carbocycles. The summed E-state index contributed by atoms with van der Waals surface area (Å²) in [5, 5.41) is 1.93. The van der Waals surface area contributed by atoms with E-state index in [1.807, 2.05) is 5.41 Å². The lowest BCUT2D eigenvalue weighted by Gasteiger charge is -2.06. The summed E-state index contributed by atoms with van der Waals surface area (Å²) in [5.74, 6) is 0. The summed E-state index contributed by atoms with van der Waals surface area (Å²) < 4.78 is 1.60. The van der Waals surface area contributed by atoms with Crippen molar-refractivity contribution in [1.82, 2.24) is 19.2 Å². The molecule has 0 saturated heterocycles. The van der Waals surface area contributed by atoms with Crippen molar-refractivity contribution in [2.75, 3.05) is 0 Å². The Bertz CT molecular complexity index is 300. The van der Waals surface area contributed by atoms with Gasteiger partial charge in [-0.3, -0.25) is 15.4 Å². The van der Waals surface area contributed by atoms with Gasteiger partial charge in [0.25, 0.3) is 0 Å². The lowest BCUT2D eigenvalue weighted by atomic mass is 10.4. The first-order valence-corrected chi connectivity index (χ1v) is 4.49. The van der Waals surface area contributed by atoms with Crippen LogP contribution in [0.5, 0.6) is 0 Å². The minimum absolute atomic E-state index is 0.821. The molecule has 1 aromatic heterocycles. The predicted molar refractivity (Wildman–Crippen MR) is 51.6 cm³/mol. The van der Waals surface area contributed by atoms with Gasteiger partial charge in [0.05, 0.1) is 11.9 Å². The maximum atomic E-state index is 4.13. The van der Waals surface area contributed by atoms with E-state index in [4.69, 9.17) is 0 Å². The number of hydrogen-bond donors (Lipinski definition) is 2. The van der Waals surface area contributed by atoms with Crippen LogP contribution in [0.3, 0.4) is 0 Å². The maximum absolute atomic E-state index is 4.13. The van der Waals surface area contributed by atoms with Crippen LogP contribution >= 0.6 is 24.8 Å². The lowest BCUT2D eigenvalue weighted by Crippen LogP contribution is -2.16. The van der Waals surface area contributed by atoms with Crippen molar-refractivity contribution in [1.29, 1.82) is 0 Å². The average Bonchev–Trinajstić information content (AvgIpc) is 2.54. The molecular formula is C6H6N4S2. The second kappa shape index (κ2) is 3.34. The quantitative estimate of drug-likeness (QED) is 0.522. The number of nitrogens with zero attached hydrogens (tertiary/aromatic N) is 3. The SMILES string of the molecule is SN1NC(c2cnccn2)=CS1. The van der Waals surface area contributed by atoms with Crippen molar-refractivity contribution in [3.63, 3.8) is 0 Å². The van der Waals surface area contributed by atoms with Gasteiger partial charge in [-0.05, 0) is 11.9 Å². The van der Waals surface area contributed by atoms with Gasteiger partial charge < -0.3 is 0 Å². The molecule has 1 N–H and O–H groups in total. The zero-order valence-electron chi connectivity index (χ0n) is 6.01. The van der Waals surface area contributed by atoms with Crippen molar-refractivity contribution in [2.45, 2.75) is 0 Å². The highest BCUT2D eigenvalue weighted by molar-refractivity contribution is 8.07. The molecule has 4 nitrogen and oxygen atoms in total. The van der Waals surface area contributed by atoms with E-state index in [2.05, 4.69) is 28.2 Å². The van der Waals surface area contributed by atoms with E-state index in [1.165, 1.54) is 11.9 Å². The van der Waals surface area contributed by atoms with Crippen LogP contribution in [0, 0.1) is 0 Å². The third-order valence-electron chi connectivity index (χ3n) is 1.33. The first-order chi connectivity index (χ1) is 5.86. The van der Waals surface area contributed by atoms with Crippen LogP contribution in [0.1, 0.15) is 5.69 Å². The molecular weight excluding hydrogens is 192 g/mol. The Labute approximate surface area is 79.7 Å². The van der Waals surface area contributed by atoms with Crippen molar-refractivity contribution in [2.24, 2.45) is 0 Å². The molecule has 62 valence electrons. The van der Waals surface area contributed by atoms with Gasteiger partial charge in [-0.1, -0.05) is 12.8 Å². The highest BCUT2D eigenvalue weighted by Gasteiger charge is 2.12. The summed E-state index contributed by atoms with van der Waals surface area (Å²) >= 11 is 5.54. The Balaban J connectivity index is 2.22. The Morgan fingerprint density at radius 3 is 3.00 bits per heavy atom. The number of hydrogen-bond acceptors (Lipinski definition) is 6. The van der Waals surface area contributed by atoms with Gasteiger partial charge in [-0.2, -0.15) is 0 Å². The molecule has 6 heteroatoms. The number of rotatable bonds is 1. The summed E-state index contributed by atoms with van der Waals surface area (Å²) in [6.45, 7) is 0. The Morgan fingerprint density at radius 1 is 1.50 bits per heavy atom. The van der Waals surface area contributed by atoms with Crippen LogP contribution in [-0.4, -0.2) is 13.8 Å². The van der Waals surface area contributed by atoms with Gasteiger partial charge in [-0.15, -0.1) is 3.82 Å².